The van der Waals surface area contributed by atoms with Crippen LogP contribution in [-0.4, -0.2) is 58.1 Å². The second kappa shape index (κ2) is 13.0. The van der Waals surface area contributed by atoms with Crippen molar-refractivity contribution in [1.82, 2.24) is 0 Å². The van der Waals surface area contributed by atoms with E-state index in [1.807, 2.05) is 48.5 Å². The second-order valence-electron chi connectivity index (χ2n) is 13.8. The lowest BCUT2D eigenvalue weighted by Crippen LogP contribution is -2.53. The molecule has 8 rings (SSSR count). The van der Waals surface area contributed by atoms with E-state index in [4.69, 9.17) is 16.3 Å². The predicted octanol–water partition coefficient (Wildman–Crippen LogP) is 5.48. The first-order chi connectivity index (χ1) is 25.6. The highest BCUT2D eigenvalue weighted by molar-refractivity contribution is 6.32. The molecule has 11 nitrogen and oxygen atoms in total. The number of rotatable bonds is 8. The molecule has 4 aromatic carbocycles. The lowest BCUT2D eigenvalue weighted by molar-refractivity contribution is -0.127. The van der Waals surface area contributed by atoms with Crippen molar-refractivity contribution >= 4 is 52.6 Å². The highest BCUT2D eigenvalue weighted by Gasteiger charge is 2.70. The maximum Gasteiger partial charge on any atom is 0.339 e. The fourth-order valence-corrected chi connectivity index (χ4v) is 9.32. The molecule has 1 saturated carbocycles. The third kappa shape index (κ3) is 5.17. The number of carboxylic acid groups (broad SMARTS) is 1. The SMILES string of the molecule is O=C(O)c1ccc(N2C(=O)[C@H]3[C@H](CC=C4[C@H]3C[C@H]3C(=O)N(c5cccc(Cl)c5)C(=O)[C@@]3(c3ccccc3)[C@H]4c3ccc(OCCO)cc3)C2=O)cc1O. The third-order valence-corrected chi connectivity index (χ3v) is 11.4. The summed E-state index contributed by atoms with van der Waals surface area (Å²) < 4.78 is 5.65. The van der Waals surface area contributed by atoms with Gasteiger partial charge in [0.25, 0.3) is 0 Å². The van der Waals surface area contributed by atoms with Crippen molar-refractivity contribution in [2.45, 2.75) is 24.2 Å². The average Bonchev–Trinajstić information content (AvgIpc) is 3.55. The largest absolute Gasteiger partial charge is 0.507 e. The minimum Gasteiger partial charge on any atom is -0.507 e. The number of fused-ring (bicyclic) bond motifs is 4. The number of hydrogen-bond acceptors (Lipinski definition) is 8. The van der Waals surface area contributed by atoms with E-state index in [9.17, 15) is 34.5 Å². The maximum absolute atomic E-state index is 15.3. The van der Waals surface area contributed by atoms with E-state index in [1.54, 1.807) is 36.4 Å². The van der Waals surface area contributed by atoms with E-state index >= 15 is 4.79 Å². The van der Waals surface area contributed by atoms with Crippen molar-refractivity contribution in [1.29, 1.82) is 0 Å². The lowest BCUT2D eigenvalue weighted by atomic mass is 9.49. The Morgan fingerprint density at radius 3 is 2.25 bits per heavy atom. The van der Waals surface area contributed by atoms with Crippen LogP contribution in [0.2, 0.25) is 5.02 Å². The Bertz CT molecular complexity index is 2220. The highest BCUT2D eigenvalue weighted by atomic mass is 35.5. The summed E-state index contributed by atoms with van der Waals surface area (Å²) in [5.74, 6) is -7.36. The summed E-state index contributed by atoms with van der Waals surface area (Å²) in [7, 11) is 0. The molecule has 53 heavy (non-hydrogen) atoms. The molecule has 4 amide bonds. The van der Waals surface area contributed by atoms with Gasteiger partial charge in [0.05, 0.1) is 41.2 Å². The van der Waals surface area contributed by atoms with E-state index in [0.717, 1.165) is 22.6 Å². The number of aliphatic hydroxyl groups is 1. The minimum absolute atomic E-state index is 0.0437. The summed E-state index contributed by atoms with van der Waals surface area (Å²) in [6.07, 6.45) is 2.21. The predicted molar refractivity (Wildman–Crippen MR) is 193 cm³/mol. The van der Waals surface area contributed by atoms with Gasteiger partial charge in [-0.1, -0.05) is 71.8 Å². The highest BCUT2D eigenvalue weighted by Crippen LogP contribution is 2.64. The zero-order chi connectivity index (χ0) is 37.2. The number of ether oxygens (including phenoxy) is 1. The Morgan fingerprint density at radius 1 is 0.830 bits per heavy atom. The maximum atomic E-state index is 15.3. The van der Waals surface area contributed by atoms with Crippen LogP contribution in [0.1, 0.15) is 40.2 Å². The Morgan fingerprint density at radius 2 is 1.57 bits per heavy atom. The number of halogens is 1. The van der Waals surface area contributed by atoms with Crippen molar-refractivity contribution in [2.75, 3.05) is 23.0 Å². The number of carboxylic acids is 1. The fourth-order valence-electron chi connectivity index (χ4n) is 9.13. The van der Waals surface area contributed by atoms with Gasteiger partial charge >= 0.3 is 5.97 Å². The number of anilines is 2. The molecule has 2 aliphatic heterocycles. The molecule has 6 atom stereocenters. The van der Waals surface area contributed by atoms with Crippen molar-refractivity contribution < 1.29 is 44.0 Å². The van der Waals surface area contributed by atoms with Crippen LogP contribution >= 0.6 is 11.6 Å². The van der Waals surface area contributed by atoms with Crippen LogP contribution in [0.4, 0.5) is 11.4 Å². The monoisotopic (exact) mass is 732 g/mol. The molecule has 0 bridgehead atoms. The molecule has 4 aromatic rings. The number of amides is 4. The lowest BCUT2D eigenvalue weighted by Gasteiger charge is -2.50. The number of nitrogens with zero attached hydrogens (tertiary/aromatic N) is 2. The zero-order valence-corrected chi connectivity index (χ0v) is 28.8. The number of hydrogen-bond donors (Lipinski definition) is 3. The molecule has 2 aliphatic carbocycles. The molecular formula is C41H33ClN2O9. The fraction of sp³-hybridized carbons (Fsp3) is 0.244. The van der Waals surface area contributed by atoms with E-state index in [1.165, 1.54) is 11.0 Å². The topological polar surface area (TPSA) is 162 Å². The minimum atomic E-state index is -1.45. The van der Waals surface area contributed by atoms with Crippen LogP contribution in [0.25, 0.3) is 0 Å². The molecule has 0 unspecified atom stereocenters. The number of imide groups is 2. The van der Waals surface area contributed by atoms with Crippen LogP contribution in [0.5, 0.6) is 11.5 Å². The van der Waals surface area contributed by atoms with Crippen molar-refractivity contribution in [3.05, 3.63) is 130 Å². The summed E-state index contributed by atoms with van der Waals surface area (Å²) in [6.45, 7) is -0.0938. The third-order valence-electron chi connectivity index (χ3n) is 11.2. The number of allylic oxidation sites excluding steroid dienone is 2. The van der Waals surface area contributed by atoms with Gasteiger partial charge < -0.3 is 20.1 Å². The zero-order valence-electron chi connectivity index (χ0n) is 28.1. The molecule has 2 saturated heterocycles. The summed E-state index contributed by atoms with van der Waals surface area (Å²) in [5, 5.41) is 29.5. The standard InChI is InChI=1S/C41H33ClN2O9/c42-24-7-4-8-25(19-24)44-37(48)32-21-31-28(15-16-30-34(31)38(49)43(36(30)47)26-11-14-29(39(50)51)33(46)20-26)35(22-9-12-27(13-10-22)53-18-17-45)41(32,40(44)52)23-5-2-1-3-6-23/h1-15,19-20,30-32,34-35,45-46H,16-18,21H2,(H,50,51)/t30-,31+,32-,34-,35-,41+/m0/s1. The van der Waals surface area contributed by atoms with Gasteiger partial charge in [0, 0.05) is 17.0 Å². The summed E-state index contributed by atoms with van der Waals surface area (Å²) in [4.78, 5) is 72.5. The first kappa shape index (κ1) is 34.3. The quantitative estimate of drug-likeness (QED) is 0.157. The molecule has 12 heteroatoms. The smallest absolute Gasteiger partial charge is 0.339 e. The van der Waals surface area contributed by atoms with E-state index < -0.39 is 70.4 Å². The van der Waals surface area contributed by atoms with Crippen LogP contribution in [0.15, 0.2) is 109 Å². The molecule has 0 radical (unpaired) electrons. The summed E-state index contributed by atoms with van der Waals surface area (Å²) in [5.41, 5.74) is 0.627. The number of aromatic carboxylic acids is 1. The van der Waals surface area contributed by atoms with Gasteiger partial charge in [0.1, 0.15) is 23.7 Å². The van der Waals surface area contributed by atoms with Gasteiger partial charge in [-0.2, -0.15) is 0 Å². The number of phenols is 1. The van der Waals surface area contributed by atoms with Gasteiger partial charge in [-0.05, 0) is 72.4 Å². The van der Waals surface area contributed by atoms with Gasteiger partial charge in [-0.3, -0.25) is 19.2 Å². The first-order valence-electron chi connectivity index (χ1n) is 17.2. The van der Waals surface area contributed by atoms with Gasteiger partial charge in [-0.25, -0.2) is 14.6 Å². The number of aliphatic hydroxyl groups excluding tert-OH is 1. The molecule has 0 spiro atoms. The molecule has 2 heterocycles. The van der Waals surface area contributed by atoms with Crippen LogP contribution in [0.3, 0.4) is 0 Å². The molecule has 268 valence electrons. The van der Waals surface area contributed by atoms with Crippen LogP contribution < -0.4 is 14.5 Å². The Hall–Kier alpha value is -5.78. The first-order valence-corrected chi connectivity index (χ1v) is 17.6. The van der Waals surface area contributed by atoms with Gasteiger partial charge in [-0.15, -0.1) is 0 Å². The van der Waals surface area contributed by atoms with Crippen LogP contribution in [-0.2, 0) is 24.6 Å². The normalized spacial score (nSPS) is 26.2. The summed E-state index contributed by atoms with van der Waals surface area (Å²) in [6, 6.07) is 26.4. The molecule has 3 fully saturated rings. The second-order valence-corrected chi connectivity index (χ2v) is 14.2. The molecule has 3 N–H and O–H groups in total. The Balaban J connectivity index is 1.30. The summed E-state index contributed by atoms with van der Waals surface area (Å²) >= 11 is 6.38. The molecular weight excluding hydrogens is 700 g/mol. The van der Waals surface area contributed by atoms with Crippen LogP contribution in [0, 0.1) is 23.7 Å². The van der Waals surface area contributed by atoms with Crippen molar-refractivity contribution in [3.63, 3.8) is 0 Å². The van der Waals surface area contributed by atoms with Crippen molar-refractivity contribution in [3.8, 4) is 11.5 Å². The number of carbonyl (C=O) groups is 5. The number of aromatic hydroxyl groups is 1. The Labute approximate surface area is 308 Å². The molecule has 0 aromatic heterocycles. The van der Waals surface area contributed by atoms with E-state index in [-0.39, 0.29) is 37.3 Å². The van der Waals surface area contributed by atoms with Gasteiger partial charge in [0.2, 0.25) is 23.6 Å². The van der Waals surface area contributed by atoms with Gasteiger partial charge in [0.15, 0.2) is 0 Å². The van der Waals surface area contributed by atoms with Crippen molar-refractivity contribution in [2.24, 2.45) is 23.7 Å². The number of carbonyl (C=O) groups excluding carboxylic acids is 4. The average molecular weight is 733 g/mol. The number of benzene rings is 4. The van der Waals surface area contributed by atoms with E-state index in [2.05, 4.69) is 0 Å². The van der Waals surface area contributed by atoms with E-state index in [0.29, 0.717) is 27.6 Å². The Kier molecular flexibility index (Phi) is 8.43. The molecule has 4 aliphatic rings.